The molecular formula is C18H15IN3-. The van der Waals surface area contributed by atoms with E-state index in [0.717, 1.165) is 16.7 Å². The number of benzene rings is 1. The van der Waals surface area contributed by atoms with E-state index in [4.69, 9.17) is 0 Å². The van der Waals surface area contributed by atoms with Crippen LogP contribution in [0, 0.1) is 3.70 Å². The first-order chi connectivity index (χ1) is 10.8. The molecule has 110 valence electrons. The van der Waals surface area contributed by atoms with Crippen LogP contribution in [0.15, 0.2) is 61.1 Å². The quantitative estimate of drug-likeness (QED) is 0.290. The van der Waals surface area contributed by atoms with Crippen LogP contribution >= 0.6 is 0 Å². The van der Waals surface area contributed by atoms with Crippen LogP contribution in [-0.2, 0) is 0 Å². The molecule has 22 heavy (non-hydrogen) atoms. The molecule has 0 N–H and O–H groups in total. The molecule has 3 heterocycles. The first-order valence-electron chi connectivity index (χ1n) is 7.26. The minimum absolute atomic E-state index is 0.0491. The molecule has 0 spiro atoms. The Morgan fingerprint density at radius 1 is 0.955 bits per heavy atom. The Balaban J connectivity index is 1.85. The molecule has 0 aliphatic heterocycles. The van der Waals surface area contributed by atoms with E-state index in [1.54, 1.807) is 0 Å². The summed E-state index contributed by atoms with van der Waals surface area (Å²) in [5.74, 6) is 0.938. The molecule has 4 rings (SSSR count). The number of halogens is 1. The standard InChI is InChI=1S/C18H15IN3/c1-2-19-17-9-14-7-8-22(16(14)12-20-17)18-10-13-5-3-4-6-15(13)11-21-18/h3-12H,2H2,1H3/q-1. The zero-order valence-corrected chi connectivity index (χ0v) is 14.4. The van der Waals surface area contributed by atoms with E-state index in [9.17, 15) is 0 Å². The summed E-state index contributed by atoms with van der Waals surface area (Å²) in [4.78, 5) is 9.22. The van der Waals surface area contributed by atoms with Gasteiger partial charge in [0.2, 0.25) is 0 Å². The average molecular weight is 400 g/mol. The molecule has 4 heteroatoms. The van der Waals surface area contributed by atoms with E-state index in [2.05, 4.69) is 64.1 Å². The summed E-state index contributed by atoms with van der Waals surface area (Å²) < 4.78 is 4.60. The predicted octanol–water partition coefficient (Wildman–Crippen LogP) is 0.852. The Hall–Kier alpha value is -1.95. The molecular weight excluding hydrogens is 385 g/mol. The molecule has 0 unspecified atom stereocenters. The first-order valence-corrected chi connectivity index (χ1v) is 9.87. The van der Waals surface area contributed by atoms with Gasteiger partial charge in [0.25, 0.3) is 0 Å². The second kappa shape index (κ2) is 5.68. The van der Waals surface area contributed by atoms with Crippen molar-refractivity contribution in [3.05, 3.63) is 64.8 Å². The Bertz CT molecular complexity index is 959. The van der Waals surface area contributed by atoms with Gasteiger partial charge in [0.1, 0.15) is 0 Å². The van der Waals surface area contributed by atoms with Crippen molar-refractivity contribution in [2.45, 2.75) is 6.92 Å². The van der Waals surface area contributed by atoms with E-state index in [1.807, 2.05) is 18.5 Å². The number of aromatic nitrogens is 3. The fourth-order valence-electron chi connectivity index (χ4n) is 2.62. The molecule has 0 radical (unpaired) electrons. The SMILES string of the molecule is CC[I-]c1cc2ccn(-c3cc4ccccc4cn3)c2cn1. The van der Waals surface area contributed by atoms with Gasteiger partial charge in [0.15, 0.2) is 0 Å². The maximum atomic E-state index is 4.62. The van der Waals surface area contributed by atoms with Crippen LogP contribution in [0.5, 0.6) is 0 Å². The van der Waals surface area contributed by atoms with Gasteiger partial charge in [0.05, 0.1) is 0 Å². The third-order valence-corrected chi connectivity index (χ3v) is 5.81. The third kappa shape index (κ3) is 2.37. The average Bonchev–Trinajstić information content (AvgIpc) is 2.98. The van der Waals surface area contributed by atoms with Crippen molar-refractivity contribution >= 4 is 21.7 Å². The van der Waals surface area contributed by atoms with E-state index in [-0.39, 0.29) is 21.2 Å². The van der Waals surface area contributed by atoms with Crippen LogP contribution in [0.25, 0.3) is 27.5 Å². The number of pyridine rings is 2. The van der Waals surface area contributed by atoms with Crippen molar-refractivity contribution in [2.24, 2.45) is 0 Å². The van der Waals surface area contributed by atoms with Crippen molar-refractivity contribution in [2.75, 3.05) is 4.43 Å². The minimum atomic E-state index is 0.0491. The fraction of sp³-hybridized carbons (Fsp3) is 0.111. The predicted molar refractivity (Wildman–Crippen MR) is 85.6 cm³/mol. The molecule has 0 saturated heterocycles. The van der Waals surface area contributed by atoms with Gasteiger partial charge < -0.3 is 0 Å². The molecule has 0 fully saturated rings. The van der Waals surface area contributed by atoms with E-state index in [1.165, 1.54) is 18.9 Å². The second-order valence-corrected chi connectivity index (χ2v) is 8.44. The number of hydrogen-bond acceptors (Lipinski definition) is 2. The summed E-state index contributed by atoms with van der Waals surface area (Å²) >= 11 is 0.0491. The molecule has 0 aliphatic carbocycles. The van der Waals surface area contributed by atoms with Gasteiger partial charge in [-0.25, -0.2) is 0 Å². The van der Waals surface area contributed by atoms with Crippen LogP contribution in [0.2, 0.25) is 0 Å². The van der Waals surface area contributed by atoms with Gasteiger partial charge >= 0.3 is 139 Å². The zero-order chi connectivity index (χ0) is 14.9. The third-order valence-electron chi connectivity index (χ3n) is 3.68. The summed E-state index contributed by atoms with van der Waals surface area (Å²) in [5, 5.41) is 3.61. The van der Waals surface area contributed by atoms with Crippen LogP contribution in [0.1, 0.15) is 6.92 Å². The van der Waals surface area contributed by atoms with Crippen LogP contribution in [-0.4, -0.2) is 19.0 Å². The van der Waals surface area contributed by atoms with Crippen molar-refractivity contribution in [1.29, 1.82) is 0 Å². The molecule has 0 amide bonds. The van der Waals surface area contributed by atoms with Crippen molar-refractivity contribution in [3.8, 4) is 5.82 Å². The normalized spacial score (nSPS) is 11.5. The number of nitrogens with zero attached hydrogens (tertiary/aromatic N) is 3. The molecule has 0 bridgehead atoms. The maximum absolute atomic E-state index is 4.62. The van der Waals surface area contributed by atoms with Crippen molar-refractivity contribution in [3.63, 3.8) is 0 Å². The van der Waals surface area contributed by atoms with Gasteiger partial charge in [-0.1, -0.05) is 0 Å². The van der Waals surface area contributed by atoms with Gasteiger partial charge in [-0.2, -0.15) is 0 Å². The number of rotatable bonds is 3. The summed E-state index contributed by atoms with van der Waals surface area (Å²) in [6.45, 7) is 2.23. The molecule has 3 nitrogen and oxygen atoms in total. The number of hydrogen-bond donors (Lipinski definition) is 0. The molecule has 0 atom stereocenters. The van der Waals surface area contributed by atoms with Gasteiger partial charge in [-0.15, -0.1) is 0 Å². The van der Waals surface area contributed by atoms with Crippen molar-refractivity contribution in [1.82, 2.24) is 14.5 Å². The van der Waals surface area contributed by atoms with Gasteiger partial charge in [-0.3, -0.25) is 0 Å². The molecule has 3 aromatic heterocycles. The summed E-state index contributed by atoms with van der Waals surface area (Å²) in [5.41, 5.74) is 1.12. The number of fused-ring (bicyclic) bond motifs is 2. The summed E-state index contributed by atoms with van der Waals surface area (Å²) in [6.07, 6.45) is 6.00. The van der Waals surface area contributed by atoms with E-state index < -0.39 is 0 Å². The van der Waals surface area contributed by atoms with E-state index >= 15 is 0 Å². The Labute approximate surface area is 139 Å². The molecule has 4 aromatic rings. The molecule has 0 saturated carbocycles. The van der Waals surface area contributed by atoms with Crippen LogP contribution < -0.4 is 21.2 Å². The Morgan fingerprint density at radius 2 is 1.82 bits per heavy atom. The topological polar surface area (TPSA) is 30.7 Å². The Morgan fingerprint density at radius 3 is 2.68 bits per heavy atom. The van der Waals surface area contributed by atoms with Crippen LogP contribution in [0.3, 0.4) is 0 Å². The monoisotopic (exact) mass is 400 g/mol. The summed E-state index contributed by atoms with van der Waals surface area (Å²) in [7, 11) is 0. The summed E-state index contributed by atoms with van der Waals surface area (Å²) in [6, 6.07) is 14.8. The van der Waals surface area contributed by atoms with Crippen molar-refractivity contribution < 1.29 is 21.2 Å². The second-order valence-electron chi connectivity index (χ2n) is 5.04. The Kier molecular flexibility index (Phi) is 3.54. The molecule has 0 aliphatic rings. The molecule has 1 aromatic carbocycles. The van der Waals surface area contributed by atoms with Gasteiger partial charge in [-0.05, 0) is 0 Å². The van der Waals surface area contributed by atoms with E-state index in [0.29, 0.717) is 0 Å². The van der Waals surface area contributed by atoms with Crippen LogP contribution in [0.4, 0.5) is 0 Å². The fourth-order valence-corrected chi connectivity index (χ4v) is 4.29. The number of alkyl halides is 1. The van der Waals surface area contributed by atoms with Gasteiger partial charge in [0, 0.05) is 0 Å². The first kappa shape index (κ1) is 13.7. The zero-order valence-electron chi connectivity index (χ0n) is 12.2.